The molecule has 5 nitrogen and oxygen atoms in total. The number of hydrogen-bond donors (Lipinski definition) is 1. The molecule has 1 aromatic carbocycles. The second-order valence-corrected chi connectivity index (χ2v) is 6.71. The maximum atomic E-state index is 12.5. The molecule has 0 amide bonds. The number of carbonyl (C=O) groups is 1. The number of carboxylic acids is 1. The van der Waals surface area contributed by atoms with Crippen LogP contribution in [0.2, 0.25) is 0 Å². The molecule has 0 saturated carbocycles. The van der Waals surface area contributed by atoms with Crippen molar-refractivity contribution < 1.29 is 18.3 Å². The van der Waals surface area contributed by atoms with Crippen LogP contribution in [0.4, 0.5) is 0 Å². The summed E-state index contributed by atoms with van der Waals surface area (Å²) in [6.45, 7) is 2.85. The quantitative estimate of drug-likeness (QED) is 0.861. The SMILES string of the molecule is Cc1ccc(/C=C/C(=O)O)cc1S(=O)(=O)N1CCCC1. The van der Waals surface area contributed by atoms with Gasteiger partial charge < -0.3 is 5.11 Å². The van der Waals surface area contributed by atoms with E-state index in [-0.39, 0.29) is 4.90 Å². The van der Waals surface area contributed by atoms with Gasteiger partial charge in [0.1, 0.15) is 0 Å². The first kappa shape index (κ1) is 14.7. The fourth-order valence-corrected chi connectivity index (χ4v) is 4.01. The zero-order chi connectivity index (χ0) is 14.8. The number of carboxylic acid groups (broad SMARTS) is 1. The van der Waals surface area contributed by atoms with Crippen LogP contribution in [0.25, 0.3) is 6.08 Å². The third kappa shape index (κ3) is 3.08. The predicted molar refractivity (Wildman–Crippen MR) is 75.8 cm³/mol. The first-order valence-corrected chi connectivity index (χ1v) is 7.87. The summed E-state index contributed by atoms with van der Waals surface area (Å²) in [5.74, 6) is -1.06. The molecular weight excluding hydrogens is 278 g/mol. The Morgan fingerprint density at radius 2 is 1.95 bits per heavy atom. The number of sulfonamides is 1. The summed E-state index contributed by atoms with van der Waals surface area (Å²) in [6, 6.07) is 4.94. The number of aryl methyl sites for hydroxylation is 1. The highest BCUT2D eigenvalue weighted by molar-refractivity contribution is 7.89. The predicted octanol–water partition coefficient (Wildman–Crippen LogP) is 1.88. The Labute approximate surface area is 118 Å². The molecule has 6 heteroatoms. The summed E-state index contributed by atoms with van der Waals surface area (Å²) in [4.78, 5) is 10.8. The van der Waals surface area contributed by atoms with Gasteiger partial charge in [0.25, 0.3) is 0 Å². The lowest BCUT2D eigenvalue weighted by Crippen LogP contribution is -2.28. The van der Waals surface area contributed by atoms with Gasteiger partial charge in [0, 0.05) is 19.2 Å². The van der Waals surface area contributed by atoms with Crippen molar-refractivity contribution in [2.75, 3.05) is 13.1 Å². The fourth-order valence-electron chi connectivity index (χ4n) is 2.23. The Morgan fingerprint density at radius 3 is 2.55 bits per heavy atom. The summed E-state index contributed by atoms with van der Waals surface area (Å²) >= 11 is 0. The normalized spacial score (nSPS) is 16.9. The van der Waals surface area contributed by atoms with Crippen molar-refractivity contribution in [3.05, 3.63) is 35.4 Å². The van der Waals surface area contributed by atoms with Gasteiger partial charge in [-0.1, -0.05) is 12.1 Å². The van der Waals surface area contributed by atoms with E-state index in [1.54, 1.807) is 19.1 Å². The molecule has 0 atom stereocenters. The molecule has 1 N–H and O–H groups in total. The molecule has 0 aromatic heterocycles. The Bertz CT molecular complexity index is 643. The maximum absolute atomic E-state index is 12.5. The monoisotopic (exact) mass is 295 g/mol. The van der Waals surface area contributed by atoms with Crippen molar-refractivity contribution in [3.8, 4) is 0 Å². The smallest absolute Gasteiger partial charge is 0.328 e. The van der Waals surface area contributed by atoms with Crippen LogP contribution in [0.5, 0.6) is 0 Å². The molecular formula is C14H17NO4S. The number of benzene rings is 1. The van der Waals surface area contributed by atoms with E-state index in [1.807, 2.05) is 0 Å². The minimum Gasteiger partial charge on any atom is -0.478 e. The molecule has 1 aromatic rings. The Kier molecular flexibility index (Phi) is 4.25. The van der Waals surface area contributed by atoms with Gasteiger partial charge in [0.15, 0.2) is 0 Å². The van der Waals surface area contributed by atoms with Crippen LogP contribution in [0.1, 0.15) is 24.0 Å². The minimum atomic E-state index is -3.48. The standard InChI is InChI=1S/C14H17NO4S/c1-11-4-5-12(6-7-14(16)17)10-13(11)20(18,19)15-8-2-3-9-15/h4-7,10H,2-3,8-9H2,1H3,(H,16,17)/b7-6+. The molecule has 1 saturated heterocycles. The van der Waals surface area contributed by atoms with E-state index in [9.17, 15) is 13.2 Å². The number of aliphatic carboxylic acids is 1. The topological polar surface area (TPSA) is 74.7 Å². The highest BCUT2D eigenvalue weighted by atomic mass is 32.2. The summed E-state index contributed by atoms with van der Waals surface area (Å²) in [5.41, 5.74) is 1.24. The number of hydrogen-bond acceptors (Lipinski definition) is 3. The zero-order valence-corrected chi connectivity index (χ0v) is 12.1. The summed E-state index contributed by atoms with van der Waals surface area (Å²) in [7, 11) is -3.48. The molecule has 1 heterocycles. The Morgan fingerprint density at radius 1 is 1.30 bits per heavy atom. The van der Waals surface area contributed by atoms with Crippen molar-refractivity contribution in [2.24, 2.45) is 0 Å². The van der Waals surface area contributed by atoms with Crippen molar-refractivity contribution in [3.63, 3.8) is 0 Å². The number of rotatable bonds is 4. The van der Waals surface area contributed by atoms with E-state index in [2.05, 4.69) is 0 Å². The first-order valence-electron chi connectivity index (χ1n) is 6.43. The molecule has 0 bridgehead atoms. The van der Waals surface area contributed by atoms with Gasteiger partial charge >= 0.3 is 5.97 Å². The maximum Gasteiger partial charge on any atom is 0.328 e. The van der Waals surface area contributed by atoms with Gasteiger partial charge in [0.05, 0.1) is 4.90 Å². The third-order valence-corrected chi connectivity index (χ3v) is 5.35. The average molecular weight is 295 g/mol. The lowest BCUT2D eigenvalue weighted by Gasteiger charge is -2.17. The summed E-state index contributed by atoms with van der Waals surface area (Å²) < 4.78 is 26.5. The van der Waals surface area contributed by atoms with Gasteiger partial charge in [-0.05, 0) is 43.0 Å². The average Bonchev–Trinajstić information content (AvgIpc) is 2.92. The molecule has 2 rings (SSSR count). The second kappa shape index (κ2) is 5.76. The van der Waals surface area contributed by atoms with Crippen LogP contribution in [-0.2, 0) is 14.8 Å². The van der Waals surface area contributed by atoms with E-state index in [0.717, 1.165) is 18.9 Å². The summed E-state index contributed by atoms with van der Waals surface area (Å²) in [6.07, 6.45) is 4.16. The molecule has 0 spiro atoms. The summed E-state index contributed by atoms with van der Waals surface area (Å²) in [5, 5.41) is 8.62. The second-order valence-electron chi connectivity index (χ2n) is 4.81. The van der Waals surface area contributed by atoms with E-state index >= 15 is 0 Å². The van der Waals surface area contributed by atoms with Crippen molar-refractivity contribution in [2.45, 2.75) is 24.7 Å². The fraction of sp³-hybridized carbons (Fsp3) is 0.357. The molecule has 1 aliphatic heterocycles. The van der Waals surface area contributed by atoms with Gasteiger partial charge in [-0.2, -0.15) is 4.31 Å². The van der Waals surface area contributed by atoms with Crippen molar-refractivity contribution in [1.82, 2.24) is 4.31 Å². The van der Waals surface area contributed by atoms with Crippen LogP contribution in [0.15, 0.2) is 29.2 Å². The van der Waals surface area contributed by atoms with Crippen LogP contribution in [0.3, 0.4) is 0 Å². The molecule has 0 radical (unpaired) electrons. The molecule has 0 unspecified atom stereocenters. The lowest BCUT2D eigenvalue weighted by molar-refractivity contribution is -0.131. The largest absolute Gasteiger partial charge is 0.478 e. The highest BCUT2D eigenvalue weighted by Crippen LogP contribution is 2.24. The third-order valence-electron chi connectivity index (χ3n) is 3.31. The first-order chi connectivity index (χ1) is 9.41. The molecule has 1 fully saturated rings. The van der Waals surface area contributed by atoms with E-state index < -0.39 is 16.0 Å². The van der Waals surface area contributed by atoms with Crippen molar-refractivity contribution >= 4 is 22.1 Å². The van der Waals surface area contributed by atoms with Crippen LogP contribution < -0.4 is 0 Å². The molecule has 108 valence electrons. The molecule has 0 aliphatic carbocycles. The van der Waals surface area contributed by atoms with Crippen LogP contribution >= 0.6 is 0 Å². The van der Waals surface area contributed by atoms with Gasteiger partial charge in [0.2, 0.25) is 10.0 Å². The minimum absolute atomic E-state index is 0.256. The zero-order valence-electron chi connectivity index (χ0n) is 11.2. The van der Waals surface area contributed by atoms with Gasteiger partial charge in [-0.15, -0.1) is 0 Å². The molecule has 1 aliphatic rings. The highest BCUT2D eigenvalue weighted by Gasteiger charge is 2.28. The van der Waals surface area contributed by atoms with E-state index in [4.69, 9.17) is 5.11 Å². The molecule has 20 heavy (non-hydrogen) atoms. The van der Waals surface area contributed by atoms with E-state index in [0.29, 0.717) is 24.2 Å². The van der Waals surface area contributed by atoms with Crippen molar-refractivity contribution in [1.29, 1.82) is 0 Å². The Hall–Kier alpha value is -1.66. The van der Waals surface area contributed by atoms with Crippen LogP contribution in [0, 0.1) is 6.92 Å². The lowest BCUT2D eigenvalue weighted by atomic mass is 10.1. The van der Waals surface area contributed by atoms with Gasteiger partial charge in [-0.25, -0.2) is 13.2 Å². The number of nitrogens with zero attached hydrogens (tertiary/aromatic N) is 1. The van der Waals surface area contributed by atoms with Crippen LogP contribution in [-0.4, -0.2) is 36.9 Å². The Balaban J connectivity index is 2.40. The van der Waals surface area contributed by atoms with E-state index in [1.165, 1.54) is 16.4 Å². The van der Waals surface area contributed by atoms with Gasteiger partial charge in [-0.3, -0.25) is 0 Å².